The summed E-state index contributed by atoms with van der Waals surface area (Å²) in [6, 6.07) is 1.64. The average Bonchev–Trinajstić information content (AvgIpc) is 3.30. The number of benzene rings is 1. The lowest BCUT2D eigenvalue weighted by Crippen LogP contribution is -2.53. The monoisotopic (exact) mass is 392 g/mol. The Balaban J connectivity index is 1.48. The maximum Gasteiger partial charge on any atom is 0.333 e. The summed E-state index contributed by atoms with van der Waals surface area (Å²) in [5.74, 6) is 0. The summed E-state index contributed by atoms with van der Waals surface area (Å²) < 4.78 is 28.7. The highest BCUT2D eigenvalue weighted by molar-refractivity contribution is 7.87. The number of piperazine rings is 1. The van der Waals surface area contributed by atoms with Gasteiger partial charge in [-0.1, -0.05) is 13.0 Å². The van der Waals surface area contributed by atoms with Crippen molar-refractivity contribution in [2.45, 2.75) is 45.4 Å². The van der Waals surface area contributed by atoms with Crippen LogP contribution >= 0.6 is 0 Å². The van der Waals surface area contributed by atoms with Gasteiger partial charge in [0.15, 0.2) is 0 Å². The Morgan fingerprint density at radius 3 is 2.15 bits per heavy atom. The van der Waals surface area contributed by atoms with Crippen LogP contribution in [0.2, 0.25) is 0 Å². The number of anilines is 1. The highest BCUT2D eigenvalue weighted by Gasteiger charge is 2.29. The zero-order valence-electron chi connectivity index (χ0n) is 15.9. The van der Waals surface area contributed by atoms with Gasteiger partial charge in [0.1, 0.15) is 0 Å². The van der Waals surface area contributed by atoms with E-state index in [1.807, 2.05) is 0 Å². The molecule has 3 aliphatic rings. The number of nitrogens with one attached hydrogen (secondary N) is 2. The molecule has 1 aromatic carbocycles. The van der Waals surface area contributed by atoms with Crippen LogP contribution in [0.15, 0.2) is 6.07 Å². The van der Waals surface area contributed by atoms with Gasteiger partial charge >= 0.3 is 16.2 Å². The fraction of sp³-hybridized carbons (Fsp3) is 0.632. The largest absolute Gasteiger partial charge is 0.333 e. The number of nitrogens with zero attached hydrogens (tertiary/aromatic N) is 2. The maximum absolute atomic E-state index is 12.6. The van der Waals surface area contributed by atoms with Crippen LogP contribution in [0, 0.1) is 0 Å². The van der Waals surface area contributed by atoms with Gasteiger partial charge in [-0.3, -0.25) is 0 Å². The lowest BCUT2D eigenvalue weighted by molar-refractivity contribution is 0.195. The van der Waals surface area contributed by atoms with Crippen molar-refractivity contribution < 1.29 is 13.2 Å². The number of rotatable bonds is 4. The van der Waals surface area contributed by atoms with Gasteiger partial charge in [0.2, 0.25) is 0 Å². The molecule has 1 fully saturated rings. The minimum Gasteiger partial charge on any atom is -0.307 e. The third-order valence-electron chi connectivity index (χ3n) is 6.05. The third kappa shape index (κ3) is 3.70. The molecular weight excluding hydrogens is 364 g/mol. The van der Waals surface area contributed by atoms with Crippen LogP contribution in [0.1, 0.15) is 42.0 Å². The smallest absolute Gasteiger partial charge is 0.307 e. The molecule has 1 aromatic rings. The standard InChI is InChI=1S/C19H28N4O3S/c1-2-22-9-11-23(12-10-22)27(25,26)21-19(24)20-18-16-7-3-5-14(16)13-15-6-4-8-17(15)18/h13H,2-12H2,1H3,(H2,20,21,24). The number of fused-ring (bicyclic) bond motifs is 2. The fourth-order valence-electron chi connectivity index (χ4n) is 4.57. The van der Waals surface area contributed by atoms with Crippen molar-refractivity contribution in [3.63, 3.8) is 0 Å². The highest BCUT2D eigenvalue weighted by Crippen LogP contribution is 2.38. The Labute approximate surface area is 161 Å². The molecule has 0 atom stereocenters. The van der Waals surface area contributed by atoms with Gasteiger partial charge in [-0.05, 0) is 67.3 Å². The second-order valence-corrected chi connectivity index (χ2v) is 9.30. The molecule has 148 valence electrons. The Bertz CT molecular complexity index is 813. The summed E-state index contributed by atoms with van der Waals surface area (Å²) in [5, 5.41) is 2.89. The van der Waals surface area contributed by atoms with Crippen LogP contribution in [0.25, 0.3) is 0 Å². The first kappa shape index (κ1) is 18.7. The van der Waals surface area contributed by atoms with Crippen molar-refractivity contribution in [3.05, 3.63) is 28.3 Å². The highest BCUT2D eigenvalue weighted by atomic mass is 32.2. The SMILES string of the molecule is CCN1CCN(S(=O)(=O)NC(=O)Nc2c3c(cc4c2CCC4)CCC3)CC1. The van der Waals surface area contributed by atoms with Gasteiger partial charge in [-0.15, -0.1) is 0 Å². The third-order valence-corrected chi connectivity index (χ3v) is 7.54. The molecule has 2 amide bonds. The van der Waals surface area contributed by atoms with E-state index in [9.17, 15) is 13.2 Å². The number of hydrogen-bond acceptors (Lipinski definition) is 4. The summed E-state index contributed by atoms with van der Waals surface area (Å²) in [5.41, 5.74) is 5.87. The van der Waals surface area contributed by atoms with Crippen molar-refractivity contribution >= 4 is 21.9 Å². The molecule has 0 saturated carbocycles. The molecule has 0 spiro atoms. The van der Waals surface area contributed by atoms with Crippen LogP contribution in [0.4, 0.5) is 10.5 Å². The minimum absolute atomic E-state index is 0.409. The average molecular weight is 393 g/mol. The summed E-state index contributed by atoms with van der Waals surface area (Å²) in [6.45, 7) is 5.18. The molecule has 1 aliphatic heterocycles. The summed E-state index contributed by atoms with van der Waals surface area (Å²) in [4.78, 5) is 14.7. The van der Waals surface area contributed by atoms with E-state index >= 15 is 0 Å². The van der Waals surface area contributed by atoms with Crippen molar-refractivity contribution in [1.29, 1.82) is 0 Å². The van der Waals surface area contributed by atoms with E-state index in [1.54, 1.807) is 0 Å². The Hall–Kier alpha value is -1.64. The van der Waals surface area contributed by atoms with Crippen molar-refractivity contribution in [2.24, 2.45) is 0 Å². The normalized spacial score (nSPS) is 20.3. The number of carbonyl (C=O) groups is 1. The van der Waals surface area contributed by atoms with E-state index in [0.29, 0.717) is 26.2 Å². The Kier molecular flexibility index (Phi) is 5.13. The number of aryl methyl sites for hydroxylation is 2. The molecule has 1 saturated heterocycles. The van der Waals surface area contributed by atoms with E-state index in [0.717, 1.165) is 50.8 Å². The second kappa shape index (κ2) is 7.41. The van der Waals surface area contributed by atoms with Gasteiger partial charge in [0, 0.05) is 31.9 Å². The quantitative estimate of drug-likeness (QED) is 0.817. The molecule has 0 bridgehead atoms. The fourth-order valence-corrected chi connectivity index (χ4v) is 5.63. The van der Waals surface area contributed by atoms with Gasteiger partial charge in [0.25, 0.3) is 0 Å². The molecule has 4 rings (SSSR count). The predicted octanol–water partition coefficient (Wildman–Crippen LogP) is 1.67. The Morgan fingerprint density at radius 1 is 1.00 bits per heavy atom. The van der Waals surface area contributed by atoms with E-state index in [-0.39, 0.29) is 0 Å². The second-order valence-electron chi connectivity index (χ2n) is 7.63. The predicted molar refractivity (Wildman–Crippen MR) is 105 cm³/mol. The molecule has 7 nitrogen and oxygen atoms in total. The molecule has 8 heteroatoms. The van der Waals surface area contributed by atoms with E-state index in [4.69, 9.17) is 0 Å². The number of amides is 2. The van der Waals surface area contributed by atoms with E-state index < -0.39 is 16.2 Å². The van der Waals surface area contributed by atoms with Gasteiger partial charge in [-0.25, -0.2) is 9.52 Å². The van der Waals surface area contributed by atoms with Crippen LogP contribution < -0.4 is 10.0 Å². The first-order valence-corrected chi connectivity index (χ1v) is 11.4. The van der Waals surface area contributed by atoms with E-state index in [2.05, 4.69) is 27.9 Å². The van der Waals surface area contributed by atoms with Gasteiger partial charge in [-0.2, -0.15) is 12.7 Å². The van der Waals surface area contributed by atoms with Crippen LogP contribution in [-0.4, -0.2) is 56.4 Å². The van der Waals surface area contributed by atoms with Crippen molar-refractivity contribution in [2.75, 3.05) is 38.0 Å². The van der Waals surface area contributed by atoms with Crippen molar-refractivity contribution in [1.82, 2.24) is 13.9 Å². The van der Waals surface area contributed by atoms with Crippen LogP contribution in [0.5, 0.6) is 0 Å². The first-order valence-electron chi connectivity index (χ1n) is 9.95. The lowest BCUT2D eigenvalue weighted by Gasteiger charge is -2.33. The zero-order chi connectivity index (χ0) is 19.0. The maximum atomic E-state index is 12.6. The molecule has 0 radical (unpaired) electrons. The molecule has 2 aliphatic carbocycles. The molecule has 0 aromatic heterocycles. The van der Waals surface area contributed by atoms with Crippen LogP contribution in [0.3, 0.4) is 0 Å². The van der Waals surface area contributed by atoms with Crippen molar-refractivity contribution in [3.8, 4) is 0 Å². The minimum atomic E-state index is -3.82. The number of carbonyl (C=O) groups excluding carboxylic acids is 1. The van der Waals surface area contributed by atoms with E-state index in [1.165, 1.54) is 26.6 Å². The summed E-state index contributed by atoms with van der Waals surface area (Å²) in [7, 11) is -3.82. The zero-order valence-corrected chi connectivity index (χ0v) is 16.7. The number of likely N-dealkylation sites (N-methyl/N-ethyl adjacent to an activating group) is 1. The molecule has 0 unspecified atom stereocenters. The number of urea groups is 1. The summed E-state index contributed by atoms with van der Waals surface area (Å²) in [6.07, 6.45) is 6.16. The first-order chi connectivity index (χ1) is 13.0. The molecular formula is C19H28N4O3S. The number of hydrogen-bond donors (Lipinski definition) is 2. The molecule has 27 heavy (non-hydrogen) atoms. The topological polar surface area (TPSA) is 81.8 Å². The summed E-state index contributed by atoms with van der Waals surface area (Å²) >= 11 is 0. The lowest BCUT2D eigenvalue weighted by atomic mass is 9.99. The molecule has 2 N–H and O–H groups in total. The van der Waals surface area contributed by atoms with Gasteiger partial charge in [0.05, 0.1) is 0 Å². The van der Waals surface area contributed by atoms with Crippen LogP contribution in [-0.2, 0) is 35.9 Å². The van der Waals surface area contributed by atoms with Gasteiger partial charge < -0.3 is 10.2 Å². The Morgan fingerprint density at radius 2 is 1.59 bits per heavy atom. The molecule has 1 heterocycles.